The molecule has 3 nitrogen and oxygen atoms in total. The fourth-order valence-corrected chi connectivity index (χ4v) is 1.66. The molecule has 17 heavy (non-hydrogen) atoms. The van der Waals surface area contributed by atoms with Crippen LogP contribution < -0.4 is 5.32 Å². The van der Waals surface area contributed by atoms with Gasteiger partial charge in [-0.3, -0.25) is 4.79 Å². The van der Waals surface area contributed by atoms with Crippen LogP contribution in [-0.2, 0) is 5.88 Å². The smallest absolute Gasteiger partial charge is 0.251 e. The topological polar surface area (TPSA) is 49.3 Å². The first kappa shape index (κ1) is 14.0. The lowest BCUT2D eigenvalue weighted by atomic mass is 10.1. The van der Waals surface area contributed by atoms with Crippen LogP contribution >= 0.6 is 11.6 Å². The third-order valence-corrected chi connectivity index (χ3v) is 2.74. The van der Waals surface area contributed by atoms with Gasteiger partial charge in [0.25, 0.3) is 5.91 Å². The predicted molar refractivity (Wildman–Crippen MR) is 69.2 cm³/mol. The Morgan fingerprint density at radius 1 is 1.53 bits per heavy atom. The van der Waals surface area contributed by atoms with Crippen LogP contribution in [0.1, 0.15) is 35.7 Å². The molecule has 2 N–H and O–H groups in total. The van der Waals surface area contributed by atoms with E-state index in [4.69, 9.17) is 16.7 Å². The van der Waals surface area contributed by atoms with E-state index in [1.54, 1.807) is 19.1 Å². The summed E-state index contributed by atoms with van der Waals surface area (Å²) in [6.07, 6.45) is 1.16. The first-order chi connectivity index (χ1) is 8.13. The number of alkyl halides is 1. The lowest BCUT2D eigenvalue weighted by Crippen LogP contribution is -2.25. The number of halogens is 1. The SMILES string of the molecule is CC(O)CCCNC(=O)c1cccc(CCl)c1. The van der Waals surface area contributed by atoms with Crippen molar-refractivity contribution in [3.05, 3.63) is 35.4 Å². The summed E-state index contributed by atoms with van der Waals surface area (Å²) in [6.45, 7) is 2.32. The van der Waals surface area contributed by atoms with Gasteiger partial charge < -0.3 is 10.4 Å². The number of amides is 1. The van der Waals surface area contributed by atoms with Crippen LogP contribution in [0.2, 0.25) is 0 Å². The number of rotatable bonds is 6. The van der Waals surface area contributed by atoms with Gasteiger partial charge in [0.2, 0.25) is 0 Å². The normalized spacial score (nSPS) is 12.2. The Balaban J connectivity index is 2.41. The van der Waals surface area contributed by atoms with Crippen molar-refractivity contribution in [1.82, 2.24) is 5.32 Å². The van der Waals surface area contributed by atoms with Gasteiger partial charge in [-0.15, -0.1) is 11.6 Å². The summed E-state index contributed by atoms with van der Waals surface area (Å²) < 4.78 is 0. The minimum atomic E-state index is -0.313. The Morgan fingerprint density at radius 3 is 2.94 bits per heavy atom. The molecule has 0 saturated carbocycles. The summed E-state index contributed by atoms with van der Waals surface area (Å²) >= 11 is 5.71. The summed E-state index contributed by atoms with van der Waals surface area (Å²) in [4.78, 5) is 11.7. The molecule has 1 aromatic carbocycles. The van der Waals surface area contributed by atoms with Gasteiger partial charge in [0.05, 0.1) is 6.10 Å². The maximum atomic E-state index is 11.7. The van der Waals surface area contributed by atoms with Gasteiger partial charge in [0, 0.05) is 18.0 Å². The average Bonchev–Trinajstić information content (AvgIpc) is 2.34. The van der Waals surface area contributed by atoms with Crippen molar-refractivity contribution in [2.24, 2.45) is 0 Å². The van der Waals surface area contributed by atoms with E-state index in [0.717, 1.165) is 12.0 Å². The second kappa shape index (κ2) is 7.30. The van der Waals surface area contributed by atoms with E-state index in [1.165, 1.54) is 0 Å². The second-order valence-electron chi connectivity index (χ2n) is 4.08. The lowest BCUT2D eigenvalue weighted by molar-refractivity contribution is 0.0949. The Morgan fingerprint density at radius 2 is 2.29 bits per heavy atom. The maximum Gasteiger partial charge on any atom is 0.251 e. The molecule has 1 aromatic rings. The average molecular weight is 256 g/mol. The van der Waals surface area contributed by atoms with E-state index in [0.29, 0.717) is 24.4 Å². The van der Waals surface area contributed by atoms with Gasteiger partial charge in [-0.25, -0.2) is 0 Å². The van der Waals surface area contributed by atoms with Gasteiger partial charge in [0.1, 0.15) is 0 Å². The van der Waals surface area contributed by atoms with Crippen LogP contribution in [0.25, 0.3) is 0 Å². The van der Waals surface area contributed by atoms with Crippen molar-refractivity contribution in [2.75, 3.05) is 6.54 Å². The molecule has 0 aliphatic carbocycles. The molecule has 0 aromatic heterocycles. The monoisotopic (exact) mass is 255 g/mol. The molecule has 1 atom stereocenters. The largest absolute Gasteiger partial charge is 0.393 e. The summed E-state index contributed by atoms with van der Waals surface area (Å²) in [5.41, 5.74) is 1.56. The first-order valence-corrected chi connectivity index (χ1v) is 6.28. The molecule has 0 fully saturated rings. The Bertz CT molecular complexity index is 366. The Labute approximate surface area is 107 Å². The molecule has 1 amide bonds. The van der Waals surface area contributed by atoms with E-state index in [1.807, 2.05) is 12.1 Å². The van der Waals surface area contributed by atoms with Gasteiger partial charge in [-0.05, 0) is 37.5 Å². The highest BCUT2D eigenvalue weighted by Crippen LogP contribution is 2.07. The van der Waals surface area contributed by atoms with E-state index in [2.05, 4.69) is 5.32 Å². The number of nitrogens with one attached hydrogen (secondary N) is 1. The Hall–Kier alpha value is -1.06. The van der Waals surface area contributed by atoms with Crippen molar-refractivity contribution in [3.8, 4) is 0 Å². The van der Waals surface area contributed by atoms with Crippen molar-refractivity contribution < 1.29 is 9.90 Å². The summed E-state index contributed by atoms with van der Waals surface area (Å²) in [5.74, 6) is 0.311. The molecule has 0 radical (unpaired) electrons. The summed E-state index contributed by atoms with van der Waals surface area (Å²) in [5, 5.41) is 11.9. The first-order valence-electron chi connectivity index (χ1n) is 5.74. The maximum absolute atomic E-state index is 11.7. The quantitative estimate of drug-likeness (QED) is 0.605. The minimum Gasteiger partial charge on any atom is -0.393 e. The van der Waals surface area contributed by atoms with Crippen LogP contribution in [0.5, 0.6) is 0 Å². The van der Waals surface area contributed by atoms with Crippen LogP contribution in [-0.4, -0.2) is 23.7 Å². The number of carbonyl (C=O) groups is 1. The van der Waals surface area contributed by atoms with Crippen molar-refractivity contribution in [2.45, 2.75) is 31.7 Å². The predicted octanol–water partition coefficient (Wildman–Crippen LogP) is 2.32. The van der Waals surface area contributed by atoms with Gasteiger partial charge in [-0.2, -0.15) is 0 Å². The zero-order chi connectivity index (χ0) is 12.7. The fourth-order valence-electron chi connectivity index (χ4n) is 1.50. The number of aliphatic hydroxyl groups excluding tert-OH is 1. The van der Waals surface area contributed by atoms with E-state index >= 15 is 0 Å². The molecule has 4 heteroatoms. The van der Waals surface area contributed by atoms with Crippen molar-refractivity contribution in [3.63, 3.8) is 0 Å². The summed E-state index contributed by atoms with van der Waals surface area (Å²) in [7, 11) is 0. The minimum absolute atomic E-state index is 0.0949. The lowest BCUT2D eigenvalue weighted by Gasteiger charge is -2.07. The molecule has 1 rings (SSSR count). The highest BCUT2D eigenvalue weighted by atomic mass is 35.5. The van der Waals surface area contributed by atoms with Gasteiger partial charge in [0.15, 0.2) is 0 Å². The molecule has 1 unspecified atom stereocenters. The van der Waals surface area contributed by atoms with Gasteiger partial charge in [-0.1, -0.05) is 12.1 Å². The fraction of sp³-hybridized carbons (Fsp3) is 0.462. The molecule has 0 heterocycles. The summed E-state index contributed by atoms with van der Waals surface area (Å²) in [6, 6.07) is 7.26. The number of hydrogen-bond acceptors (Lipinski definition) is 2. The molecule has 0 spiro atoms. The van der Waals surface area contributed by atoms with Crippen LogP contribution in [0.3, 0.4) is 0 Å². The van der Waals surface area contributed by atoms with Crippen molar-refractivity contribution in [1.29, 1.82) is 0 Å². The number of hydrogen-bond donors (Lipinski definition) is 2. The molecule has 0 aliphatic rings. The highest BCUT2D eigenvalue weighted by Gasteiger charge is 2.05. The molecule has 0 saturated heterocycles. The number of aliphatic hydroxyl groups is 1. The van der Waals surface area contributed by atoms with E-state index in [-0.39, 0.29) is 12.0 Å². The zero-order valence-corrected chi connectivity index (χ0v) is 10.7. The van der Waals surface area contributed by atoms with Crippen LogP contribution in [0.4, 0.5) is 0 Å². The number of carbonyl (C=O) groups excluding carboxylic acids is 1. The highest BCUT2D eigenvalue weighted by molar-refractivity contribution is 6.17. The van der Waals surface area contributed by atoms with E-state index in [9.17, 15) is 4.79 Å². The standard InChI is InChI=1S/C13H18ClNO2/c1-10(16)4-3-7-15-13(17)12-6-2-5-11(8-12)9-14/h2,5-6,8,10,16H,3-4,7,9H2,1H3,(H,15,17). The zero-order valence-electron chi connectivity index (χ0n) is 9.95. The third kappa shape index (κ3) is 5.20. The Kier molecular flexibility index (Phi) is 6.01. The molecular weight excluding hydrogens is 238 g/mol. The molecule has 0 bridgehead atoms. The van der Waals surface area contributed by atoms with E-state index < -0.39 is 0 Å². The molecule has 0 aliphatic heterocycles. The molecule has 94 valence electrons. The van der Waals surface area contributed by atoms with Crippen molar-refractivity contribution >= 4 is 17.5 Å². The molecular formula is C13H18ClNO2. The number of benzene rings is 1. The van der Waals surface area contributed by atoms with Crippen LogP contribution in [0, 0.1) is 0 Å². The second-order valence-corrected chi connectivity index (χ2v) is 4.35. The third-order valence-electron chi connectivity index (χ3n) is 2.43. The van der Waals surface area contributed by atoms with Crippen LogP contribution in [0.15, 0.2) is 24.3 Å². The van der Waals surface area contributed by atoms with Gasteiger partial charge >= 0.3 is 0 Å².